The zero-order valence-corrected chi connectivity index (χ0v) is 12.0. The standard InChI is InChI=1S/C15H13N3OS/c1-19-12-6-3-10(4-7-12)13-8-5-11-9-16-15(20-2)18-14(11)17-13/h3-9H,1-2H3. The van der Waals surface area contributed by atoms with Gasteiger partial charge in [0.2, 0.25) is 0 Å². The second kappa shape index (κ2) is 5.46. The van der Waals surface area contributed by atoms with Crippen molar-refractivity contribution in [2.24, 2.45) is 0 Å². The van der Waals surface area contributed by atoms with Crippen molar-refractivity contribution in [2.75, 3.05) is 13.4 Å². The van der Waals surface area contributed by atoms with E-state index in [-0.39, 0.29) is 0 Å². The molecule has 100 valence electrons. The minimum absolute atomic E-state index is 0.720. The second-order valence-corrected chi connectivity index (χ2v) is 4.97. The fourth-order valence-corrected chi connectivity index (χ4v) is 2.25. The number of thioether (sulfide) groups is 1. The molecule has 3 aromatic rings. The van der Waals surface area contributed by atoms with E-state index in [0.29, 0.717) is 0 Å². The van der Waals surface area contributed by atoms with Gasteiger partial charge in [0.25, 0.3) is 0 Å². The number of aromatic nitrogens is 3. The third kappa shape index (κ3) is 2.44. The van der Waals surface area contributed by atoms with Crippen LogP contribution in [0.4, 0.5) is 0 Å². The van der Waals surface area contributed by atoms with Crippen molar-refractivity contribution in [1.82, 2.24) is 15.0 Å². The van der Waals surface area contributed by atoms with Crippen LogP contribution >= 0.6 is 11.8 Å². The van der Waals surface area contributed by atoms with Crippen molar-refractivity contribution in [2.45, 2.75) is 5.16 Å². The Kier molecular flexibility index (Phi) is 3.52. The van der Waals surface area contributed by atoms with E-state index in [1.54, 1.807) is 13.3 Å². The normalized spacial score (nSPS) is 10.7. The predicted molar refractivity (Wildman–Crippen MR) is 81.1 cm³/mol. The molecule has 1 aromatic carbocycles. The summed E-state index contributed by atoms with van der Waals surface area (Å²) >= 11 is 1.51. The Labute approximate surface area is 121 Å². The molecular formula is C15H13N3OS. The van der Waals surface area contributed by atoms with Crippen molar-refractivity contribution < 1.29 is 4.74 Å². The van der Waals surface area contributed by atoms with Crippen molar-refractivity contribution >= 4 is 22.8 Å². The zero-order chi connectivity index (χ0) is 13.9. The summed E-state index contributed by atoms with van der Waals surface area (Å²) in [6, 6.07) is 11.8. The maximum absolute atomic E-state index is 5.16. The monoisotopic (exact) mass is 283 g/mol. The van der Waals surface area contributed by atoms with Gasteiger partial charge in [0.15, 0.2) is 10.8 Å². The molecule has 5 heteroatoms. The molecule has 0 unspecified atom stereocenters. The number of nitrogens with zero attached hydrogens (tertiary/aromatic N) is 3. The molecule has 0 spiro atoms. The van der Waals surface area contributed by atoms with Gasteiger partial charge in [-0.2, -0.15) is 0 Å². The minimum Gasteiger partial charge on any atom is -0.497 e. The maximum atomic E-state index is 5.16. The molecule has 0 bridgehead atoms. The van der Waals surface area contributed by atoms with E-state index in [1.807, 2.05) is 42.7 Å². The van der Waals surface area contributed by atoms with Gasteiger partial charge in [-0.05, 0) is 42.7 Å². The number of methoxy groups -OCH3 is 1. The van der Waals surface area contributed by atoms with Crippen LogP contribution in [0.15, 0.2) is 47.8 Å². The molecule has 0 fully saturated rings. The predicted octanol–water partition coefficient (Wildman–Crippen LogP) is 3.42. The molecule has 0 saturated carbocycles. The Bertz CT molecular complexity index is 744. The summed E-state index contributed by atoms with van der Waals surface area (Å²) in [6.07, 6.45) is 3.76. The summed E-state index contributed by atoms with van der Waals surface area (Å²) in [5.41, 5.74) is 2.65. The molecular weight excluding hydrogens is 270 g/mol. The lowest BCUT2D eigenvalue weighted by atomic mass is 10.1. The first-order valence-corrected chi connectivity index (χ1v) is 7.35. The summed E-state index contributed by atoms with van der Waals surface area (Å²) in [4.78, 5) is 13.3. The molecule has 0 aliphatic heterocycles. The third-order valence-electron chi connectivity index (χ3n) is 2.99. The van der Waals surface area contributed by atoms with Crippen LogP contribution in [0.1, 0.15) is 0 Å². The average Bonchev–Trinajstić information content (AvgIpc) is 2.54. The van der Waals surface area contributed by atoms with Crippen LogP contribution in [0.5, 0.6) is 5.75 Å². The Morgan fingerprint density at radius 1 is 1.00 bits per heavy atom. The van der Waals surface area contributed by atoms with Gasteiger partial charge in [0.1, 0.15) is 5.75 Å². The van der Waals surface area contributed by atoms with Crippen molar-refractivity contribution in [3.05, 3.63) is 42.6 Å². The molecule has 0 radical (unpaired) electrons. The third-order valence-corrected chi connectivity index (χ3v) is 3.55. The summed E-state index contributed by atoms with van der Waals surface area (Å²) in [5, 5.41) is 1.68. The quantitative estimate of drug-likeness (QED) is 0.544. The van der Waals surface area contributed by atoms with Crippen LogP contribution in [-0.2, 0) is 0 Å². The van der Waals surface area contributed by atoms with Gasteiger partial charge in [-0.25, -0.2) is 15.0 Å². The van der Waals surface area contributed by atoms with Crippen LogP contribution in [0, 0.1) is 0 Å². The fraction of sp³-hybridized carbons (Fsp3) is 0.133. The summed E-state index contributed by atoms with van der Waals surface area (Å²) in [6.45, 7) is 0. The SMILES string of the molecule is COc1ccc(-c2ccc3cnc(SC)nc3n2)cc1. The molecule has 2 aromatic heterocycles. The first-order valence-electron chi connectivity index (χ1n) is 6.12. The maximum Gasteiger partial charge on any atom is 0.189 e. The molecule has 3 rings (SSSR count). The van der Waals surface area contributed by atoms with Crippen molar-refractivity contribution in [1.29, 1.82) is 0 Å². The average molecular weight is 283 g/mol. The van der Waals surface area contributed by atoms with Crippen LogP contribution in [-0.4, -0.2) is 28.3 Å². The highest BCUT2D eigenvalue weighted by Gasteiger charge is 2.04. The number of ether oxygens (including phenoxy) is 1. The number of pyridine rings is 1. The van der Waals surface area contributed by atoms with Gasteiger partial charge in [-0.1, -0.05) is 11.8 Å². The summed E-state index contributed by atoms with van der Waals surface area (Å²) in [7, 11) is 1.66. The highest BCUT2D eigenvalue weighted by atomic mass is 32.2. The van der Waals surface area contributed by atoms with Gasteiger partial charge in [0.05, 0.1) is 12.8 Å². The number of fused-ring (bicyclic) bond motifs is 1. The molecule has 0 N–H and O–H groups in total. The first-order chi connectivity index (χ1) is 9.80. The number of benzene rings is 1. The van der Waals surface area contributed by atoms with Crippen LogP contribution in [0.2, 0.25) is 0 Å². The molecule has 0 aliphatic rings. The Morgan fingerprint density at radius 3 is 2.50 bits per heavy atom. The van der Waals surface area contributed by atoms with Gasteiger partial charge in [-0.3, -0.25) is 0 Å². The van der Waals surface area contributed by atoms with E-state index < -0.39 is 0 Å². The van der Waals surface area contributed by atoms with Crippen molar-refractivity contribution in [3.63, 3.8) is 0 Å². The molecule has 0 saturated heterocycles. The van der Waals surface area contributed by atoms with Crippen LogP contribution in [0.25, 0.3) is 22.3 Å². The summed E-state index contributed by atoms with van der Waals surface area (Å²) in [5.74, 6) is 0.835. The lowest BCUT2D eigenvalue weighted by Gasteiger charge is -2.05. The number of hydrogen-bond donors (Lipinski definition) is 0. The lowest BCUT2D eigenvalue weighted by molar-refractivity contribution is 0.415. The topological polar surface area (TPSA) is 47.9 Å². The van der Waals surface area contributed by atoms with E-state index in [2.05, 4.69) is 15.0 Å². The van der Waals surface area contributed by atoms with E-state index in [9.17, 15) is 0 Å². The van der Waals surface area contributed by atoms with E-state index in [0.717, 1.165) is 33.2 Å². The molecule has 0 aliphatic carbocycles. The zero-order valence-electron chi connectivity index (χ0n) is 11.2. The lowest BCUT2D eigenvalue weighted by Crippen LogP contribution is -1.92. The Morgan fingerprint density at radius 2 is 1.80 bits per heavy atom. The Hall–Kier alpha value is -2.14. The molecule has 0 amide bonds. The second-order valence-electron chi connectivity index (χ2n) is 4.19. The van der Waals surface area contributed by atoms with Crippen LogP contribution < -0.4 is 4.74 Å². The van der Waals surface area contributed by atoms with Crippen LogP contribution in [0.3, 0.4) is 0 Å². The van der Waals surface area contributed by atoms with E-state index in [1.165, 1.54) is 11.8 Å². The molecule has 4 nitrogen and oxygen atoms in total. The number of rotatable bonds is 3. The highest BCUT2D eigenvalue weighted by molar-refractivity contribution is 7.98. The van der Waals surface area contributed by atoms with E-state index >= 15 is 0 Å². The Balaban J connectivity index is 2.06. The first kappa shape index (κ1) is 12.9. The molecule has 20 heavy (non-hydrogen) atoms. The largest absolute Gasteiger partial charge is 0.497 e. The fourth-order valence-electron chi connectivity index (χ4n) is 1.91. The molecule has 0 atom stereocenters. The molecule has 2 heterocycles. The highest BCUT2D eigenvalue weighted by Crippen LogP contribution is 2.23. The van der Waals surface area contributed by atoms with Gasteiger partial charge >= 0.3 is 0 Å². The van der Waals surface area contributed by atoms with Gasteiger partial charge in [0, 0.05) is 17.1 Å². The van der Waals surface area contributed by atoms with Crippen molar-refractivity contribution in [3.8, 4) is 17.0 Å². The number of hydrogen-bond acceptors (Lipinski definition) is 5. The van der Waals surface area contributed by atoms with Gasteiger partial charge in [-0.15, -0.1) is 0 Å². The van der Waals surface area contributed by atoms with E-state index in [4.69, 9.17) is 4.74 Å². The van der Waals surface area contributed by atoms with Gasteiger partial charge < -0.3 is 4.74 Å². The smallest absolute Gasteiger partial charge is 0.189 e. The summed E-state index contributed by atoms with van der Waals surface area (Å²) < 4.78 is 5.16. The minimum atomic E-state index is 0.720.